The van der Waals surface area contributed by atoms with Gasteiger partial charge in [0.2, 0.25) is 15.9 Å². The molecule has 1 atom stereocenters. The van der Waals surface area contributed by atoms with Crippen LogP contribution in [-0.2, 0) is 19.6 Å². The second-order valence-corrected chi connectivity index (χ2v) is 9.22. The number of carbonyl (C=O) groups excluding carboxylic acids is 1. The van der Waals surface area contributed by atoms with Crippen LogP contribution in [0, 0.1) is 0 Å². The number of benzene rings is 2. The molecule has 0 aliphatic carbocycles. The number of anilines is 1. The fourth-order valence-electron chi connectivity index (χ4n) is 2.90. The highest BCUT2D eigenvalue weighted by molar-refractivity contribution is 7.89. The summed E-state index contributed by atoms with van der Waals surface area (Å²) in [6.07, 6.45) is 2.11. The van der Waals surface area contributed by atoms with Gasteiger partial charge in [-0.25, -0.2) is 8.42 Å². The molecule has 1 fully saturated rings. The molecule has 2 aromatic carbocycles. The first-order chi connectivity index (χ1) is 13.8. The van der Waals surface area contributed by atoms with Crippen LogP contribution in [0.4, 0.5) is 5.69 Å². The molecule has 1 saturated heterocycles. The zero-order valence-corrected chi connectivity index (χ0v) is 17.6. The van der Waals surface area contributed by atoms with Gasteiger partial charge in [0.25, 0.3) is 0 Å². The zero-order valence-electron chi connectivity index (χ0n) is 16.0. The molecule has 1 aliphatic heterocycles. The second kappa shape index (κ2) is 9.58. The molecule has 156 valence electrons. The van der Waals surface area contributed by atoms with Crippen molar-refractivity contribution in [3.63, 3.8) is 0 Å². The first kappa shape index (κ1) is 21.6. The van der Waals surface area contributed by atoms with Gasteiger partial charge in [0.1, 0.15) is 12.4 Å². The lowest BCUT2D eigenvalue weighted by Gasteiger charge is -2.17. The lowest BCUT2D eigenvalue weighted by molar-refractivity contribution is -0.116. The van der Waals surface area contributed by atoms with Crippen molar-refractivity contribution in [1.29, 1.82) is 0 Å². The molecule has 0 radical (unpaired) electrons. The number of ether oxygens (including phenoxy) is 2. The number of sulfonamides is 1. The number of hydrogen-bond acceptors (Lipinski definition) is 5. The smallest absolute Gasteiger partial charge is 0.243 e. The summed E-state index contributed by atoms with van der Waals surface area (Å²) in [5.74, 6) is 0.154. The van der Waals surface area contributed by atoms with E-state index >= 15 is 0 Å². The maximum absolute atomic E-state index is 12.6. The predicted molar refractivity (Wildman–Crippen MR) is 111 cm³/mol. The molecule has 1 aliphatic rings. The maximum Gasteiger partial charge on any atom is 0.243 e. The third-order valence-electron chi connectivity index (χ3n) is 4.47. The van der Waals surface area contributed by atoms with Crippen LogP contribution >= 0.6 is 11.6 Å². The average Bonchev–Trinajstić information content (AvgIpc) is 3.20. The molecule has 1 amide bonds. The Bertz CT molecular complexity index is 944. The summed E-state index contributed by atoms with van der Waals surface area (Å²) in [5, 5.41) is 3.13. The Kier molecular flexibility index (Phi) is 7.13. The maximum atomic E-state index is 12.6. The molecule has 0 bridgehead atoms. The minimum atomic E-state index is -3.79. The standard InChI is InChI=1S/C20H23ClN2O5S/c1-23(29(25,26)19-9-7-15(21)8-10-19)13-20(24)22-16-4-2-5-17(12-16)28-14-18-6-3-11-27-18/h2,4-5,7-10,12,18H,3,6,11,13-14H2,1H3,(H,22,24). The van der Waals surface area contributed by atoms with Gasteiger partial charge in [-0.2, -0.15) is 4.31 Å². The fraction of sp³-hybridized carbons (Fsp3) is 0.350. The van der Waals surface area contributed by atoms with E-state index in [9.17, 15) is 13.2 Å². The van der Waals surface area contributed by atoms with Gasteiger partial charge in [-0.05, 0) is 49.2 Å². The molecule has 9 heteroatoms. The molecular weight excluding hydrogens is 416 g/mol. The van der Waals surface area contributed by atoms with Gasteiger partial charge in [0.15, 0.2) is 0 Å². The third-order valence-corrected chi connectivity index (χ3v) is 6.54. The Hall–Kier alpha value is -2.13. The Balaban J connectivity index is 1.57. The van der Waals surface area contributed by atoms with Gasteiger partial charge in [-0.3, -0.25) is 4.79 Å². The van der Waals surface area contributed by atoms with Crippen LogP contribution in [0.3, 0.4) is 0 Å². The largest absolute Gasteiger partial charge is 0.491 e. The molecule has 0 aromatic heterocycles. The first-order valence-electron chi connectivity index (χ1n) is 9.21. The topological polar surface area (TPSA) is 84.9 Å². The Morgan fingerprint density at radius 2 is 2.03 bits per heavy atom. The number of hydrogen-bond donors (Lipinski definition) is 1. The molecule has 2 aromatic rings. The number of nitrogens with one attached hydrogen (secondary N) is 1. The summed E-state index contributed by atoms with van der Waals surface area (Å²) in [7, 11) is -2.44. The monoisotopic (exact) mass is 438 g/mol. The molecular formula is C20H23ClN2O5S. The van der Waals surface area contributed by atoms with Crippen molar-refractivity contribution >= 4 is 33.2 Å². The van der Waals surface area contributed by atoms with Crippen LogP contribution in [0.5, 0.6) is 5.75 Å². The Morgan fingerprint density at radius 3 is 2.72 bits per heavy atom. The average molecular weight is 439 g/mol. The van der Waals surface area contributed by atoms with Gasteiger partial charge in [-0.1, -0.05) is 17.7 Å². The first-order valence-corrected chi connectivity index (χ1v) is 11.0. The summed E-state index contributed by atoms with van der Waals surface area (Å²) in [6, 6.07) is 12.7. The van der Waals surface area contributed by atoms with Crippen LogP contribution in [0.25, 0.3) is 0 Å². The lowest BCUT2D eigenvalue weighted by Crippen LogP contribution is -2.34. The highest BCUT2D eigenvalue weighted by atomic mass is 35.5. The normalized spacial score (nSPS) is 16.7. The van der Waals surface area contributed by atoms with E-state index < -0.39 is 15.9 Å². The number of amides is 1. The minimum absolute atomic E-state index is 0.0710. The van der Waals surface area contributed by atoms with Crippen LogP contribution < -0.4 is 10.1 Å². The predicted octanol–water partition coefficient (Wildman–Crippen LogP) is 3.16. The van der Waals surface area contributed by atoms with Crippen LogP contribution in [0.15, 0.2) is 53.4 Å². The molecule has 0 spiro atoms. The van der Waals surface area contributed by atoms with Crippen molar-refractivity contribution < 1.29 is 22.7 Å². The van der Waals surface area contributed by atoms with Crippen molar-refractivity contribution in [1.82, 2.24) is 4.31 Å². The van der Waals surface area contributed by atoms with Crippen LogP contribution in [0.1, 0.15) is 12.8 Å². The van der Waals surface area contributed by atoms with E-state index in [1.54, 1.807) is 24.3 Å². The summed E-state index contributed by atoms with van der Waals surface area (Å²) in [5.41, 5.74) is 0.525. The molecule has 7 nitrogen and oxygen atoms in total. The van der Waals surface area contributed by atoms with E-state index in [0.717, 1.165) is 23.8 Å². The van der Waals surface area contributed by atoms with Crippen molar-refractivity contribution in [3.05, 3.63) is 53.6 Å². The summed E-state index contributed by atoms with van der Waals surface area (Å²) in [4.78, 5) is 12.4. The second-order valence-electron chi connectivity index (χ2n) is 6.74. The van der Waals surface area contributed by atoms with Crippen LogP contribution in [-0.4, -0.2) is 51.5 Å². The molecule has 3 rings (SSSR count). The lowest BCUT2D eigenvalue weighted by atomic mass is 10.2. The number of nitrogens with zero attached hydrogens (tertiary/aromatic N) is 1. The number of rotatable bonds is 8. The van der Waals surface area contributed by atoms with E-state index in [1.807, 2.05) is 0 Å². The summed E-state index contributed by atoms with van der Waals surface area (Å²) >= 11 is 5.80. The zero-order chi connectivity index (χ0) is 20.9. The molecule has 0 saturated carbocycles. The van der Waals surface area contributed by atoms with Gasteiger partial charge in [0.05, 0.1) is 17.5 Å². The SMILES string of the molecule is CN(CC(=O)Nc1cccc(OCC2CCCO2)c1)S(=O)(=O)c1ccc(Cl)cc1. The quantitative estimate of drug-likeness (QED) is 0.684. The Morgan fingerprint density at radius 1 is 1.28 bits per heavy atom. The number of halogens is 1. The van der Waals surface area contributed by atoms with E-state index in [1.165, 1.54) is 31.3 Å². The highest BCUT2D eigenvalue weighted by Gasteiger charge is 2.23. The minimum Gasteiger partial charge on any atom is -0.491 e. The van der Waals surface area contributed by atoms with Gasteiger partial charge >= 0.3 is 0 Å². The molecule has 1 unspecified atom stereocenters. The van der Waals surface area contributed by atoms with Crippen LogP contribution in [0.2, 0.25) is 5.02 Å². The molecule has 1 N–H and O–H groups in total. The van der Waals surface area contributed by atoms with E-state index in [0.29, 0.717) is 23.1 Å². The molecule has 29 heavy (non-hydrogen) atoms. The number of carbonyl (C=O) groups is 1. The third kappa shape index (κ3) is 5.93. The van der Waals surface area contributed by atoms with Gasteiger partial charge < -0.3 is 14.8 Å². The van der Waals surface area contributed by atoms with E-state index in [2.05, 4.69) is 5.32 Å². The van der Waals surface area contributed by atoms with Gasteiger partial charge in [0, 0.05) is 30.4 Å². The highest BCUT2D eigenvalue weighted by Crippen LogP contribution is 2.20. The fourth-order valence-corrected chi connectivity index (χ4v) is 4.16. The Labute approximate surface area is 175 Å². The van der Waals surface area contributed by atoms with E-state index in [4.69, 9.17) is 21.1 Å². The van der Waals surface area contributed by atoms with E-state index in [-0.39, 0.29) is 17.5 Å². The molecule has 1 heterocycles. The van der Waals surface area contributed by atoms with Crippen molar-refractivity contribution in [3.8, 4) is 5.75 Å². The summed E-state index contributed by atoms with van der Waals surface area (Å²) in [6.45, 7) is 0.891. The van der Waals surface area contributed by atoms with Crippen molar-refractivity contribution in [2.75, 3.05) is 32.1 Å². The summed E-state index contributed by atoms with van der Waals surface area (Å²) < 4.78 is 37.4. The van der Waals surface area contributed by atoms with Crippen molar-refractivity contribution in [2.45, 2.75) is 23.8 Å². The van der Waals surface area contributed by atoms with Gasteiger partial charge in [-0.15, -0.1) is 0 Å². The van der Waals surface area contributed by atoms with Crippen molar-refractivity contribution in [2.24, 2.45) is 0 Å². The number of likely N-dealkylation sites (N-methyl/N-ethyl adjacent to an activating group) is 1.